The number of nitrogens with one attached hydrogen (secondary N) is 2. The number of amides is 2. The number of hydrogen-bond acceptors (Lipinski definition) is 9. The van der Waals surface area contributed by atoms with Crippen molar-refractivity contribution in [3.63, 3.8) is 0 Å². The van der Waals surface area contributed by atoms with Crippen molar-refractivity contribution in [2.45, 2.75) is 39.2 Å². The topological polar surface area (TPSA) is 129 Å². The van der Waals surface area contributed by atoms with Crippen LogP contribution in [-0.4, -0.2) is 53.6 Å². The van der Waals surface area contributed by atoms with Crippen LogP contribution in [0.3, 0.4) is 0 Å². The van der Waals surface area contributed by atoms with E-state index in [0.717, 1.165) is 4.88 Å². The molecule has 1 atom stereocenters. The predicted molar refractivity (Wildman–Crippen MR) is 156 cm³/mol. The summed E-state index contributed by atoms with van der Waals surface area (Å²) in [7, 11) is 0. The predicted octanol–water partition coefficient (Wildman–Crippen LogP) is 5.29. The lowest BCUT2D eigenvalue weighted by molar-refractivity contribution is -0.142. The summed E-state index contributed by atoms with van der Waals surface area (Å²) in [5.74, 6) is 0.602. The Morgan fingerprint density at radius 3 is 2.76 bits per heavy atom. The molecule has 12 heteroatoms. The molecule has 3 aromatic rings. The summed E-state index contributed by atoms with van der Waals surface area (Å²) in [5, 5.41) is 6.33. The summed E-state index contributed by atoms with van der Waals surface area (Å²) in [6.07, 6.45) is 9.19. The Morgan fingerprint density at radius 2 is 2.00 bits per heavy atom. The van der Waals surface area contributed by atoms with Crippen LogP contribution in [-0.2, 0) is 9.53 Å². The Balaban J connectivity index is 1.25. The Morgan fingerprint density at radius 1 is 1.17 bits per heavy atom. The molecule has 0 unspecified atom stereocenters. The molecule has 0 saturated heterocycles. The second kappa shape index (κ2) is 14.6. The molecule has 1 aliphatic carbocycles. The number of esters is 1. The monoisotopic (exact) mass is 598 g/mol. The van der Waals surface area contributed by atoms with Crippen LogP contribution in [0.5, 0.6) is 16.7 Å². The van der Waals surface area contributed by atoms with Gasteiger partial charge in [-0.15, -0.1) is 0 Å². The number of nitrogens with zero attached hydrogens (tertiary/aromatic N) is 2. The summed E-state index contributed by atoms with van der Waals surface area (Å²) < 4.78 is 16.4. The highest BCUT2D eigenvalue weighted by Gasteiger charge is 2.22. The van der Waals surface area contributed by atoms with Gasteiger partial charge in [0.25, 0.3) is 17.0 Å². The molecular formula is C29H31ClN4O6S. The maximum atomic E-state index is 12.7. The van der Waals surface area contributed by atoms with Crippen LogP contribution in [0.1, 0.15) is 58.8 Å². The molecule has 1 aromatic carbocycles. The Bertz CT molecular complexity index is 1410. The van der Waals surface area contributed by atoms with Gasteiger partial charge in [-0.25, -0.2) is 4.98 Å². The highest BCUT2D eigenvalue weighted by Crippen LogP contribution is 2.35. The largest absolute Gasteiger partial charge is 0.493 e. The average Bonchev–Trinajstić information content (AvgIpc) is 3.69. The molecule has 0 bridgehead atoms. The molecule has 1 fully saturated rings. The molecular weight excluding hydrogens is 568 g/mol. The number of benzene rings is 1. The van der Waals surface area contributed by atoms with E-state index in [4.69, 9.17) is 25.8 Å². The molecule has 216 valence electrons. The van der Waals surface area contributed by atoms with Crippen molar-refractivity contribution in [3.8, 4) is 16.7 Å². The fourth-order valence-electron chi connectivity index (χ4n) is 3.52. The minimum atomic E-state index is -0.487. The summed E-state index contributed by atoms with van der Waals surface area (Å²) in [6.45, 7) is 4.63. The Labute approximate surface area is 247 Å². The average molecular weight is 599 g/mol. The van der Waals surface area contributed by atoms with Crippen molar-refractivity contribution in [2.75, 3.05) is 19.8 Å². The molecule has 1 saturated carbocycles. The van der Waals surface area contributed by atoms with Gasteiger partial charge in [0.1, 0.15) is 17.2 Å². The minimum absolute atomic E-state index is 0.0492. The summed E-state index contributed by atoms with van der Waals surface area (Å²) >= 11 is 7.70. The van der Waals surface area contributed by atoms with Crippen LogP contribution in [0.4, 0.5) is 0 Å². The van der Waals surface area contributed by atoms with Gasteiger partial charge in [0, 0.05) is 36.6 Å². The first-order valence-corrected chi connectivity index (χ1v) is 14.4. The van der Waals surface area contributed by atoms with Crippen LogP contribution >= 0.6 is 22.9 Å². The fraction of sp³-hybridized carbons (Fsp3) is 0.345. The first kappa shape index (κ1) is 30.0. The molecule has 0 spiro atoms. The zero-order valence-electron chi connectivity index (χ0n) is 22.7. The molecule has 1 aliphatic rings. The van der Waals surface area contributed by atoms with E-state index < -0.39 is 11.9 Å². The molecule has 2 aromatic heterocycles. The van der Waals surface area contributed by atoms with Gasteiger partial charge in [0.15, 0.2) is 0 Å². The Hall–Kier alpha value is -3.96. The highest BCUT2D eigenvalue weighted by molar-refractivity contribution is 7.14. The van der Waals surface area contributed by atoms with Crippen LogP contribution < -0.4 is 20.1 Å². The number of pyridine rings is 1. The van der Waals surface area contributed by atoms with Crippen LogP contribution in [0.15, 0.2) is 48.8 Å². The van der Waals surface area contributed by atoms with E-state index in [0.29, 0.717) is 34.2 Å². The smallest absolute Gasteiger partial charge is 0.307 e. The van der Waals surface area contributed by atoms with Gasteiger partial charge in [-0.1, -0.05) is 29.0 Å². The lowest BCUT2D eigenvalue weighted by atomic mass is 10.2. The van der Waals surface area contributed by atoms with Crippen molar-refractivity contribution in [1.82, 2.24) is 20.6 Å². The molecule has 2 N–H and O–H groups in total. The molecule has 2 heterocycles. The van der Waals surface area contributed by atoms with E-state index in [1.165, 1.54) is 42.5 Å². The van der Waals surface area contributed by atoms with E-state index in [-0.39, 0.29) is 42.8 Å². The molecule has 41 heavy (non-hydrogen) atoms. The van der Waals surface area contributed by atoms with E-state index in [1.807, 2.05) is 25.1 Å². The number of halogens is 1. The lowest BCUT2D eigenvalue weighted by Gasteiger charge is -2.10. The SMILES string of the molecule is CCOC(=O)CCNC(=O)c1cc(C(=O)N[C@@H](C)C=Cc2cnc(Oc3ccc(OCC4CC4)cc3Cl)s2)ccn1. The summed E-state index contributed by atoms with van der Waals surface area (Å²) in [4.78, 5) is 45.6. The van der Waals surface area contributed by atoms with Gasteiger partial charge in [0.05, 0.1) is 29.5 Å². The number of hydrogen-bond donors (Lipinski definition) is 2. The second-order valence-electron chi connectivity index (χ2n) is 9.34. The molecule has 10 nitrogen and oxygen atoms in total. The first-order chi connectivity index (χ1) is 19.8. The van der Waals surface area contributed by atoms with Crippen molar-refractivity contribution in [2.24, 2.45) is 5.92 Å². The highest BCUT2D eigenvalue weighted by atomic mass is 35.5. The lowest BCUT2D eigenvalue weighted by Crippen LogP contribution is -2.32. The molecule has 0 aliphatic heterocycles. The first-order valence-electron chi connectivity index (χ1n) is 13.3. The third-order valence-corrected chi connectivity index (χ3v) is 7.00. The van der Waals surface area contributed by atoms with Crippen molar-refractivity contribution in [3.05, 3.63) is 70.0 Å². The van der Waals surface area contributed by atoms with Crippen LogP contribution in [0, 0.1) is 5.92 Å². The number of thiazole rings is 1. The quantitative estimate of drug-likeness (QED) is 0.240. The van der Waals surface area contributed by atoms with Gasteiger partial charge < -0.3 is 24.8 Å². The normalized spacial score (nSPS) is 13.4. The van der Waals surface area contributed by atoms with E-state index in [1.54, 1.807) is 25.3 Å². The molecule has 4 rings (SSSR count). The number of aromatic nitrogens is 2. The number of ether oxygens (including phenoxy) is 3. The minimum Gasteiger partial charge on any atom is -0.493 e. The standard InChI is InChI=1S/C29H31ClN4O6S/c1-3-38-26(35)11-13-32-28(37)24-14-20(10-12-31-24)27(36)34-18(2)4-8-22-16-33-29(41-22)40-25-9-7-21(15-23(25)30)39-17-19-5-6-19/h4,7-10,12,14-16,18-19H,3,5-6,11,13,17H2,1-2H3,(H,32,37)(H,34,36)/t18-/m0/s1. The van der Waals surface area contributed by atoms with Crippen LogP contribution in [0.25, 0.3) is 6.08 Å². The van der Waals surface area contributed by atoms with E-state index in [9.17, 15) is 14.4 Å². The Kier molecular flexibility index (Phi) is 10.7. The second-order valence-corrected chi connectivity index (χ2v) is 10.8. The van der Waals surface area contributed by atoms with Gasteiger partial charge in [0.2, 0.25) is 0 Å². The fourth-order valence-corrected chi connectivity index (χ4v) is 4.42. The van der Waals surface area contributed by atoms with Crippen molar-refractivity contribution < 1.29 is 28.6 Å². The van der Waals surface area contributed by atoms with Gasteiger partial charge in [-0.05, 0) is 62.9 Å². The number of carbonyl (C=O) groups excluding carboxylic acids is 3. The number of rotatable bonds is 14. The third-order valence-electron chi connectivity index (χ3n) is 5.87. The van der Waals surface area contributed by atoms with Crippen LogP contribution in [0.2, 0.25) is 5.02 Å². The summed E-state index contributed by atoms with van der Waals surface area (Å²) in [6, 6.07) is 7.92. The van der Waals surface area contributed by atoms with Crippen molar-refractivity contribution in [1.29, 1.82) is 0 Å². The van der Waals surface area contributed by atoms with Gasteiger partial charge in [-0.2, -0.15) is 0 Å². The maximum Gasteiger partial charge on any atom is 0.307 e. The maximum absolute atomic E-state index is 12.7. The van der Waals surface area contributed by atoms with Gasteiger partial charge >= 0.3 is 5.97 Å². The third kappa shape index (κ3) is 9.58. The van der Waals surface area contributed by atoms with Crippen molar-refractivity contribution >= 4 is 46.8 Å². The number of carbonyl (C=O) groups is 3. The van der Waals surface area contributed by atoms with E-state index in [2.05, 4.69) is 20.6 Å². The molecule has 2 amide bonds. The summed E-state index contributed by atoms with van der Waals surface area (Å²) in [5.41, 5.74) is 0.354. The molecule has 0 radical (unpaired) electrons. The van der Waals surface area contributed by atoms with Gasteiger partial charge in [-0.3, -0.25) is 19.4 Å². The van der Waals surface area contributed by atoms with E-state index >= 15 is 0 Å². The zero-order valence-corrected chi connectivity index (χ0v) is 24.3. The zero-order chi connectivity index (χ0) is 29.2.